The van der Waals surface area contributed by atoms with Crippen LogP contribution in [0.1, 0.15) is 5.56 Å². The molecule has 0 heterocycles. The van der Waals surface area contributed by atoms with Crippen LogP contribution in [0.2, 0.25) is 0 Å². The van der Waals surface area contributed by atoms with E-state index in [0.717, 1.165) is 6.26 Å². The monoisotopic (exact) mass is 227 g/mol. The Morgan fingerprint density at radius 3 is 2.67 bits per heavy atom. The minimum Gasteiger partial charge on any atom is -0.213 e. The molecule has 0 spiro atoms. The summed E-state index contributed by atoms with van der Waals surface area (Å²) in [6.07, 6.45) is 1.04. The van der Waals surface area contributed by atoms with Gasteiger partial charge in [0, 0.05) is 0 Å². The number of rotatable bonds is 2. The molecule has 0 bridgehead atoms. The first kappa shape index (κ1) is 11.7. The summed E-state index contributed by atoms with van der Waals surface area (Å²) >= 11 is 0. The lowest BCUT2D eigenvalue weighted by atomic mass is 10.2. The van der Waals surface area contributed by atoms with Crippen LogP contribution >= 0.6 is 0 Å². The predicted molar refractivity (Wildman–Crippen MR) is 56.1 cm³/mol. The summed E-state index contributed by atoms with van der Waals surface area (Å²) in [7, 11) is -3.23. The van der Waals surface area contributed by atoms with E-state index in [1.54, 1.807) is 12.1 Å². The zero-order valence-corrected chi connectivity index (χ0v) is 8.94. The molecule has 3 nitrogen and oxygen atoms in total. The van der Waals surface area contributed by atoms with Crippen molar-refractivity contribution in [3.8, 4) is 11.8 Å². The summed E-state index contributed by atoms with van der Waals surface area (Å²) in [5.74, 6) is 4.64. The minimum atomic E-state index is -3.23. The van der Waals surface area contributed by atoms with Crippen molar-refractivity contribution >= 4 is 10.0 Å². The quantitative estimate of drug-likeness (QED) is 0.757. The Bertz CT molecular complexity index is 500. The lowest BCUT2D eigenvalue weighted by Gasteiger charge is -1.94. The van der Waals surface area contributed by atoms with Crippen molar-refractivity contribution in [3.05, 3.63) is 35.6 Å². The molecular weight excluding hydrogens is 217 g/mol. The first-order valence-electron chi connectivity index (χ1n) is 4.17. The molecule has 1 rings (SSSR count). The van der Waals surface area contributed by atoms with Crippen molar-refractivity contribution < 1.29 is 12.8 Å². The Morgan fingerprint density at radius 1 is 1.40 bits per heavy atom. The maximum absolute atomic E-state index is 13.0. The number of halogens is 1. The highest BCUT2D eigenvalue weighted by Crippen LogP contribution is 2.03. The standard InChI is InChI=1S/C10H10FNO2S/c1-15(13,14)12-8-4-6-9-5-2-3-7-10(9)11/h2-3,5,7,12H,8H2,1H3. The van der Waals surface area contributed by atoms with Crippen LogP contribution in [0.4, 0.5) is 4.39 Å². The summed E-state index contributed by atoms with van der Waals surface area (Å²) in [6.45, 7) is -0.0207. The predicted octanol–water partition coefficient (Wildman–Crippen LogP) is 0.726. The van der Waals surface area contributed by atoms with Crippen molar-refractivity contribution in [1.82, 2.24) is 4.72 Å². The molecule has 0 amide bonds. The SMILES string of the molecule is CS(=O)(=O)NCC#Cc1ccccc1F. The van der Waals surface area contributed by atoms with Crippen LogP contribution in [0.5, 0.6) is 0 Å². The van der Waals surface area contributed by atoms with Gasteiger partial charge in [-0.15, -0.1) is 0 Å². The van der Waals surface area contributed by atoms with Crippen LogP contribution in [-0.2, 0) is 10.0 Å². The third-order valence-electron chi connectivity index (χ3n) is 1.52. The molecule has 0 saturated carbocycles. The molecular formula is C10H10FNO2S. The van der Waals surface area contributed by atoms with Crippen LogP contribution in [0.3, 0.4) is 0 Å². The summed E-state index contributed by atoms with van der Waals surface area (Å²) in [6, 6.07) is 6.06. The van der Waals surface area contributed by atoms with Crippen molar-refractivity contribution in [2.75, 3.05) is 12.8 Å². The molecule has 5 heteroatoms. The Morgan fingerprint density at radius 2 is 2.07 bits per heavy atom. The van der Waals surface area contributed by atoms with Crippen LogP contribution in [0, 0.1) is 17.7 Å². The highest BCUT2D eigenvalue weighted by molar-refractivity contribution is 7.88. The van der Waals surface area contributed by atoms with E-state index in [9.17, 15) is 12.8 Å². The van der Waals surface area contributed by atoms with Crippen molar-refractivity contribution in [2.24, 2.45) is 0 Å². The molecule has 0 aromatic heterocycles. The van der Waals surface area contributed by atoms with E-state index in [2.05, 4.69) is 16.6 Å². The fourth-order valence-corrected chi connectivity index (χ4v) is 1.20. The second-order valence-electron chi connectivity index (χ2n) is 2.87. The largest absolute Gasteiger partial charge is 0.213 e. The summed E-state index contributed by atoms with van der Waals surface area (Å²) < 4.78 is 36.5. The zero-order chi connectivity index (χ0) is 11.3. The van der Waals surface area contributed by atoms with Gasteiger partial charge in [-0.2, -0.15) is 0 Å². The average molecular weight is 227 g/mol. The maximum Gasteiger partial charge on any atom is 0.209 e. The van der Waals surface area contributed by atoms with E-state index in [0.29, 0.717) is 0 Å². The Kier molecular flexibility index (Phi) is 3.83. The fourth-order valence-electron chi connectivity index (χ4n) is 0.869. The van der Waals surface area contributed by atoms with E-state index in [4.69, 9.17) is 0 Å². The van der Waals surface area contributed by atoms with Crippen molar-refractivity contribution in [3.63, 3.8) is 0 Å². The highest BCUT2D eigenvalue weighted by atomic mass is 32.2. The molecule has 0 saturated heterocycles. The Labute approximate surface area is 88.4 Å². The summed E-state index contributed by atoms with van der Waals surface area (Å²) in [5, 5.41) is 0. The summed E-state index contributed by atoms with van der Waals surface area (Å²) in [5.41, 5.74) is 0.257. The molecule has 0 aliphatic heterocycles. The van der Waals surface area contributed by atoms with Crippen molar-refractivity contribution in [1.29, 1.82) is 0 Å². The number of sulfonamides is 1. The summed E-state index contributed by atoms with van der Waals surface area (Å²) in [4.78, 5) is 0. The number of benzene rings is 1. The van der Waals surface area contributed by atoms with Gasteiger partial charge >= 0.3 is 0 Å². The van der Waals surface area contributed by atoms with Gasteiger partial charge in [0.25, 0.3) is 0 Å². The topological polar surface area (TPSA) is 46.2 Å². The van der Waals surface area contributed by atoms with Gasteiger partial charge in [0.1, 0.15) is 5.82 Å². The lowest BCUT2D eigenvalue weighted by Crippen LogP contribution is -2.21. The van der Waals surface area contributed by atoms with Crippen LogP contribution in [0.25, 0.3) is 0 Å². The Balaban J connectivity index is 2.64. The smallest absolute Gasteiger partial charge is 0.209 e. The van der Waals surface area contributed by atoms with Gasteiger partial charge in [0.15, 0.2) is 0 Å². The molecule has 1 aromatic carbocycles. The molecule has 0 fully saturated rings. The molecule has 0 unspecified atom stereocenters. The second-order valence-corrected chi connectivity index (χ2v) is 4.71. The third kappa shape index (κ3) is 4.58. The molecule has 0 atom stereocenters. The molecule has 80 valence electrons. The zero-order valence-electron chi connectivity index (χ0n) is 8.12. The van der Waals surface area contributed by atoms with Gasteiger partial charge in [0.05, 0.1) is 18.4 Å². The van der Waals surface area contributed by atoms with E-state index >= 15 is 0 Å². The van der Waals surface area contributed by atoms with E-state index in [-0.39, 0.29) is 12.1 Å². The molecule has 0 aliphatic rings. The molecule has 15 heavy (non-hydrogen) atoms. The van der Waals surface area contributed by atoms with E-state index < -0.39 is 15.8 Å². The van der Waals surface area contributed by atoms with E-state index in [1.807, 2.05) is 0 Å². The van der Waals surface area contributed by atoms with E-state index in [1.165, 1.54) is 12.1 Å². The molecule has 1 N–H and O–H groups in total. The number of hydrogen-bond acceptors (Lipinski definition) is 2. The minimum absolute atomic E-state index is 0.0207. The van der Waals surface area contributed by atoms with Crippen molar-refractivity contribution in [2.45, 2.75) is 0 Å². The molecule has 0 aliphatic carbocycles. The first-order chi connectivity index (χ1) is 6.99. The van der Waals surface area contributed by atoms with Gasteiger partial charge < -0.3 is 0 Å². The van der Waals surface area contributed by atoms with Gasteiger partial charge in [-0.3, -0.25) is 0 Å². The normalized spacial score (nSPS) is 10.5. The highest BCUT2D eigenvalue weighted by Gasteiger charge is 1.97. The fraction of sp³-hybridized carbons (Fsp3) is 0.200. The number of hydrogen-bond donors (Lipinski definition) is 1. The van der Waals surface area contributed by atoms with Gasteiger partial charge in [-0.25, -0.2) is 17.5 Å². The number of nitrogens with one attached hydrogen (secondary N) is 1. The van der Waals surface area contributed by atoms with Gasteiger partial charge in [-0.1, -0.05) is 24.0 Å². The van der Waals surface area contributed by atoms with Crippen LogP contribution in [-0.4, -0.2) is 21.2 Å². The lowest BCUT2D eigenvalue weighted by molar-refractivity contribution is 0.592. The Hall–Kier alpha value is -1.38. The van der Waals surface area contributed by atoms with Gasteiger partial charge in [0.2, 0.25) is 10.0 Å². The second kappa shape index (κ2) is 4.91. The average Bonchev–Trinajstić information content (AvgIpc) is 2.13. The molecule has 1 aromatic rings. The first-order valence-corrected chi connectivity index (χ1v) is 6.06. The third-order valence-corrected chi connectivity index (χ3v) is 2.19. The molecule has 0 radical (unpaired) electrons. The van der Waals surface area contributed by atoms with Crippen LogP contribution in [0.15, 0.2) is 24.3 Å². The van der Waals surface area contributed by atoms with Gasteiger partial charge in [-0.05, 0) is 12.1 Å². The maximum atomic E-state index is 13.0. The van der Waals surface area contributed by atoms with Crippen LogP contribution < -0.4 is 4.72 Å².